The Hall–Kier alpha value is -2.32. The highest BCUT2D eigenvalue weighted by atomic mass is 19.1. The number of carboxylic acid groups (broad SMARTS) is 2. The number of benzene rings is 1. The van der Waals surface area contributed by atoms with E-state index in [2.05, 4.69) is 16.8 Å². The smallest absolute Gasteiger partial charge is 0.414 e. The van der Waals surface area contributed by atoms with Crippen LogP contribution < -0.4 is 0 Å². The Balaban J connectivity index is 0.000000379. The summed E-state index contributed by atoms with van der Waals surface area (Å²) in [6, 6.07) is 6.17. The Morgan fingerprint density at radius 2 is 1.57 bits per heavy atom. The molecule has 0 radical (unpaired) electrons. The largest absolute Gasteiger partial charge is 0.473 e. The van der Waals surface area contributed by atoms with Crippen molar-refractivity contribution in [1.29, 1.82) is 0 Å². The normalized spacial score (nSPS) is 15.4. The molecule has 2 N–H and O–H groups in total. The molecule has 0 atom stereocenters. The zero-order valence-electron chi connectivity index (χ0n) is 12.7. The lowest BCUT2D eigenvalue weighted by atomic mass is 10.1. The number of halogens is 1. The first-order valence-electron chi connectivity index (χ1n) is 6.96. The van der Waals surface area contributed by atoms with Crippen LogP contribution in [0.25, 0.3) is 0 Å². The van der Waals surface area contributed by atoms with Crippen molar-refractivity contribution < 1.29 is 29.0 Å². The van der Waals surface area contributed by atoms with Gasteiger partial charge in [-0.2, -0.15) is 0 Å². The highest BCUT2D eigenvalue weighted by molar-refractivity contribution is 6.27. The molecule has 1 saturated heterocycles. The zero-order valence-corrected chi connectivity index (χ0v) is 12.7. The van der Waals surface area contributed by atoms with Gasteiger partial charge in [0.15, 0.2) is 5.78 Å². The van der Waals surface area contributed by atoms with Gasteiger partial charge in [-0.15, -0.1) is 0 Å². The van der Waals surface area contributed by atoms with Crippen molar-refractivity contribution >= 4 is 17.7 Å². The minimum atomic E-state index is -1.82. The number of rotatable bonds is 3. The number of carboxylic acids is 2. The first-order chi connectivity index (χ1) is 10.8. The van der Waals surface area contributed by atoms with Gasteiger partial charge in [0.2, 0.25) is 0 Å². The first kappa shape index (κ1) is 18.7. The second kappa shape index (κ2) is 8.96. The number of nitrogens with zero attached hydrogens (tertiary/aromatic N) is 2. The number of piperazine rings is 1. The monoisotopic (exact) mass is 326 g/mol. The number of Topliss-reactive ketones (excluding diaryl/α,β-unsaturated/α-hetero) is 1. The van der Waals surface area contributed by atoms with Crippen molar-refractivity contribution in [3.63, 3.8) is 0 Å². The third kappa shape index (κ3) is 6.54. The Morgan fingerprint density at radius 3 is 2.04 bits per heavy atom. The van der Waals surface area contributed by atoms with Crippen LogP contribution in [0.5, 0.6) is 0 Å². The molecule has 2 rings (SSSR count). The number of hydrogen-bond donors (Lipinski definition) is 2. The molecule has 0 spiro atoms. The molecule has 0 amide bonds. The molecular formula is C15H19FN2O5. The van der Waals surface area contributed by atoms with Gasteiger partial charge in [0, 0.05) is 26.2 Å². The fourth-order valence-electron chi connectivity index (χ4n) is 1.98. The van der Waals surface area contributed by atoms with E-state index in [0.717, 1.165) is 26.2 Å². The Bertz CT molecular complexity index is 559. The Kier molecular flexibility index (Phi) is 7.30. The van der Waals surface area contributed by atoms with Crippen LogP contribution in [-0.2, 0) is 9.59 Å². The number of carbonyl (C=O) groups excluding carboxylic acids is 1. The maximum Gasteiger partial charge on any atom is 0.414 e. The summed E-state index contributed by atoms with van der Waals surface area (Å²) < 4.78 is 13.4. The maximum absolute atomic E-state index is 13.4. The first-order valence-corrected chi connectivity index (χ1v) is 6.96. The average Bonchev–Trinajstić information content (AvgIpc) is 2.50. The number of carbonyl (C=O) groups is 3. The van der Waals surface area contributed by atoms with E-state index in [1.54, 1.807) is 18.2 Å². The van der Waals surface area contributed by atoms with Gasteiger partial charge in [0.1, 0.15) is 5.82 Å². The number of ketones is 1. The quantitative estimate of drug-likeness (QED) is 0.613. The van der Waals surface area contributed by atoms with E-state index in [1.165, 1.54) is 6.07 Å². The molecule has 0 aromatic heterocycles. The number of likely N-dealkylation sites (N-methyl/N-ethyl adjacent to an activating group) is 1. The molecular weight excluding hydrogens is 307 g/mol. The van der Waals surface area contributed by atoms with Gasteiger partial charge in [-0.25, -0.2) is 14.0 Å². The van der Waals surface area contributed by atoms with Gasteiger partial charge < -0.3 is 15.1 Å². The summed E-state index contributed by atoms with van der Waals surface area (Å²) in [6.45, 7) is 3.98. The van der Waals surface area contributed by atoms with Gasteiger partial charge in [0.25, 0.3) is 0 Å². The van der Waals surface area contributed by atoms with E-state index >= 15 is 0 Å². The molecule has 1 aromatic rings. The van der Waals surface area contributed by atoms with Gasteiger partial charge in [-0.3, -0.25) is 9.69 Å². The molecule has 8 heteroatoms. The van der Waals surface area contributed by atoms with Crippen molar-refractivity contribution in [1.82, 2.24) is 9.80 Å². The van der Waals surface area contributed by atoms with Crippen molar-refractivity contribution in [3.05, 3.63) is 35.6 Å². The topological polar surface area (TPSA) is 98.2 Å². The fraction of sp³-hybridized carbons (Fsp3) is 0.400. The molecule has 1 heterocycles. The fourth-order valence-corrected chi connectivity index (χ4v) is 1.98. The van der Waals surface area contributed by atoms with Crippen molar-refractivity contribution in [2.45, 2.75) is 0 Å². The lowest BCUT2D eigenvalue weighted by Crippen LogP contribution is -2.46. The van der Waals surface area contributed by atoms with E-state index in [9.17, 15) is 9.18 Å². The second-order valence-electron chi connectivity index (χ2n) is 5.09. The molecule has 126 valence electrons. The molecule has 1 aromatic carbocycles. The van der Waals surface area contributed by atoms with Crippen LogP contribution in [0.1, 0.15) is 10.4 Å². The van der Waals surface area contributed by atoms with E-state index in [0.29, 0.717) is 6.54 Å². The lowest BCUT2D eigenvalue weighted by Gasteiger charge is -2.31. The average molecular weight is 326 g/mol. The Morgan fingerprint density at radius 1 is 1.04 bits per heavy atom. The van der Waals surface area contributed by atoms with Crippen LogP contribution in [0.4, 0.5) is 4.39 Å². The van der Waals surface area contributed by atoms with Gasteiger partial charge >= 0.3 is 11.9 Å². The summed E-state index contributed by atoms with van der Waals surface area (Å²) in [5.41, 5.74) is 0.200. The number of aliphatic carboxylic acids is 2. The SMILES string of the molecule is CN1CCN(CC(=O)c2ccccc2F)CC1.O=C(O)C(=O)O. The van der Waals surface area contributed by atoms with Crippen LogP contribution in [0.2, 0.25) is 0 Å². The van der Waals surface area contributed by atoms with Crippen molar-refractivity contribution in [3.8, 4) is 0 Å². The van der Waals surface area contributed by atoms with E-state index in [-0.39, 0.29) is 11.3 Å². The third-order valence-corrected chi connectivity index (χ3v) is 3.32. The van der Waals surface area contributed by atoms with E-state index in [1.807, 2.05) is 0 Å². The summed E-state index contributed by atoms with van der Waals surface area (Å²) >= 11 is 0. The predicted octanol–water partition coefficient (Wildman–Crippen LogP) is 0.411. The van der Waals surface area contributed by atoms with E-state index < -0.39 is 17.8 Å². The molecule has 0 bridgehead atoms. The molecule has 0 unspecified atom stereocenters. The summed E-state index contributed by atoms with van der Waals surface area (Å²) in [4.78, 5) is 34.4. The standard InChI is InChI=1S/C13H17FN2O.C2H2O4/c1-15-6-8-16(9-7-15)10-13(17)11-4-2-3-5-12(11)14;3-1(4)2(5)6/h2-5H,6-10H2,1H3;(H,3,4)(H,5,6). The predicted molar refractivity (Wildman–Crippen MR) is 79.9 cm³/mol. The number of hydrogen-bond acceptors (Lipinski definition) is 5. The minimum Gasteiger partial charge on any atom is -0.473 e. The molecule has 0 saturated carbocycles. The molecule has 1 aliphatic heterocycles. The maximum atomic E-state index is 13.4. The highest BCUT2D eigenvalue weighted by Gasteiger charge is 2.18. The summed E-state index contributed by atoms with van der Waals surface area (Å²) in [5, 5.41) is 14.8. The van der Waals surface area contributed by atoms with Gasteiger partial charge in [-0.05, 0) is 19.2 Å². The second-order valence-corrected chi connectivity index (χ2v) is 5.09. The Labute approximate surface area is 132 Å². The van der Waals surface area contributed by atoms with E-state index in [4.69, 9.17) is 19.8 Å². The van der Waals surface area contributed by atoms with Crippen molar-refractivity contribution in [2.75, 3.05) is 39.8 Å². The molecule has 1 aliphatic rings. The highest BCUT2D eigenvalue weighted by Crippen LogP contribution is 2.09. The molecule has 0 aliphatic carbocycles. The molecule has 7 nitrogen and oxygen atoms in total. The van der Waals surface area contributed by atoms with Crippen LogP contribution in [0.15, 0.2) is 24.3 Å². The summed E-state index contributed by atoms with van der Waals surface area (Å²) in [7, 11) is 2.07. The summed E-state index contributed by atoms with van der Waals surface area (Å²) in [6.07, 6.45) is 0. The van der Waals surface area contributed by atoms with Gasteiger partial charge in [-0.1, -0.05) is 12.1 Å². The minimum absolute atomic E-state index is 0.132. The molecule has 1 fully saturated rings. The van der Waals surface area contributed by atoms with Crippen LogP contribution in [0.3, 0.4) is 0 Å². The third-order valence-electron chi connectivity index (χ3n) is 3.32. The lowest BCUT2D eigenvalue weighted by molar-refractivity contribution is -0.159. The van der Waals surface area contributed by atoms with Gasteiger partial charge in [0.05, 0.1) is 12.1 Å². The summed E-state index contributed by atoms with van der Waals surface area (Å²) in [5.74, 6) is -4.20. The van der Waals surface area contributed by atoms with Crippen LogP contribution >= 0.6 is 0 Å². The molecule has 23 heavy (non-hydrogen) atoms. The van der Waals surface area contributed by atoms with Crippen molar-refractivity contribution in [2.24, 2.45) is 0 Å². The van der Waals surface area contributed by atoms with Crippen LogP contribution in [-0.4, -0.2) is 77.5 Å². The van der Waals surface area contributed by atoms with Crippen LogP contribution in [0, 0.1) is 5.82 Å². The zero-order chi connectivity index (χ0) is 17.4.